The van der Waals surface area contributed by atoms with E-state index >= 15 is 0 Å². The molecule has 0 N–H and O–H groups in total. The molecule has 1 aliphatic heterocycles. The summed E-state index contributed by atoms with van der Waals surface area (Å²) >= 11 is 0. The molecule has 3 rings (SSSR count). The first-order valence-corrected chi connectivity index (χ1v) is 7.36. The van der Waals surface area contributed by atoms with Gasteiger partial charge in [-0.3, -0.25) is 0 Å². The molecule has 1 fully saturated rings. The highest BCUT2D eigenvalue weighted by Gasteiger charge is 2.17. The van der Waals surface area contributed by atoms with Crippen molar-refractivity contribution in [3.63, 3.8) is 0 Å². The SMILES string of the molecule is COc1ccc(N2CCOCC2)c(-c2ccccc2C)c1. The second-order valence-electron chi connectivity index (χ2n) is 5.30. The number of rotatable bonds is 3. The molecule has 3 heteroatoms. The van der Waals surface area contributed by atoms with Crippen molar-refractivity contribution in [2.24, 2.45) is 0 Å². The molecule has 1 saturated heterocycles. The molecule has 0 spiro atoms. The summed E-state index contributed by atoms with van der Waals surface area (Å²) in [7, 11) is 1.71. The summed E-state index contributed by atoms with van der Waals surface area (Å²) < 4.78 is 10.9. The number of aryl methyl sites for hydroxylation is 1. The standard InChI is InChI=1S/C18H21NO2/c1-14-5-3-4-6-16(14)17-13-15(20-2)7-8-18(17)19-9-11-21-12-10-19/h3-8,13H,9-12H2,1-2H3. The molecule has 1 heterocycles. The third-order valence-corrected chi connectivity index (χ3v) is 3.99. The zero-order chi connectivity index (χ0) is 14.7. The summed E-state index contributed by atoms with van der Waals surface area (Å²) in [6, 6.07) is 14.8. The molecule has 1 aliphatic rings. The second-order valence-corrected chi connectivity index (χ2v) is 5.30. The van der Waals surface area contributed by atoms with E-state index < -0.39 is 0 Å². The monoisotopic (exact) mass is 283 g/mol. The molecule has 3 nitrogen and oxygen atoms in total. The van der Waals surface area contributed by atoms with Crippen LogP contribution in [0.3, 0.4) is 0 Å². The Morgan fingerprint density at radius 1 is 1.00 bits per heavy atom. The van der Waals surface area contributed by atoms with E-state index in [1.807, 2.05) is 6.07 Å². The van der Waals surface area contributed by atoms with Gasteiger partial charge >= 0.3 is 0 Å². The molecule has 0 radical (unpaired) electrons. The predicted octanol–water partition coefficient (Wildman–Crippen LogP) is 3.51. The van der Waals surface area contributed by atoms with Crippen LogP contribution in [0.2, 0.25) is 0 Å². The van der Waals surface area contributed by atoms with Gasteiger partial charge in [-0.05, 0) is 36.2 Å². The molecule has 0 atom stereocenters. The van der Waals surface area contributed by atoms with Gasteiger partial charge in [0.05, 0.1) is 20.3 Å². The van der Waals surface area contributed by atoms with Gasteiger partial charge in [-0.2, -0.15) is 0 Å². The largest absolute Gasteiger partial charge is 0.497 e. The summed E-state index contributed by atoms with van der Waals surface area (Å²) in [6.45, 7) is 5.60. The number of morpholine rings is 1. The van der Waals surface area contributed by atoms with Crippen molar-refractivity contribution in [2.45, 2.75) is 6.92 Å². The topological polar surface area (TPSA) is 21.7 Å². The van der Waals surface area contributed by atoms with Crippen LogP contribution in [-0.2, 0) is 4.74 Å². The lowest BCUT2D eigenvalue weighted by Gasteiger charge is -2.31. The number of anilines is 1. The van der Waals surface area contributed by atoms with E-state index in [-0.39, 0.29) is 0 Å². The average molecular weight is 283 g/mol. The van der Waals surface area contributed by atoms with E-state index in [0.29, 0.717) is 0 Å². The molecule has 0 aliphatic carbocycles. The lowest BCUT2D eigenvalue weighted by atomic mass is 9.98. The minimum Gasteiger partial charge on any atom is -0.497 e. The van der Waals surface area contributed by atoms with Crippen molar-refractivity contribution < 1.29 is 9.47 Å². The van der Waals surface area contributed by atoms with Gasteiger partial charge in [0, 0.05) is 24.3 Å². The van der Waals surface area contributed by atoms with E-state index in [1.54, 1.807) is 7.11 Å². The van der Waals surface area contributed by atoms with Crippen molar-refractivity contribution >= 4 is 5.69 Å². The maximum Gasteiger partial charge on any atom is 0.119 e. The molecule has 2 aromatic carbocycles. The number of ether oxygens (including phenoxy) is 2. The van der Waals surface area contributed by atoms with Gasteiger partial charge in [0.25, 0.3) is 0 Å². The van der Waals surface area contributed by atoms with Crippen molar-refractivity contribution in [1.29, 1.82) is 0 Å². The van der Waals surface area contributed by atoms with E-state index in [9.17, 15) is 0 Å². The van der Waals surface area contributed by atoms with Crippen LogP contribution in [0.1, 0.15) is 5.56 Å². The van der Waals surface area contributed by atoms with Gasteiger partial charge in [0.1, 0.15) is 5.75 Å². The van der Waals surface area contributed by atoms with E-state index in [4.69, 9.17) is 9.47 Å². The lowest BCUT2D eigenvalue weighted by molar-refractivity contribution is 0.123. The van der Waals surface area contributed by atoms with Gasteiger partial charge in [0.15, 0.2) is 0 Å². The maximum atomic E-state index is 5.47. The molecular formula is C18H21NO2. The molecular weight excluding hydrogens is 262 g/mol. The number of methoxy groups -OCH3 is 1. The van der Waals surface area contributed by atoms with Crippen molar-refractivity contribution in [3.8, 4) is 16.9 Å². The Kier molecular flexibility index (Phi) is 4.11. The predicted molar refractivity (Wildman–Crippen MR) is 86.2 cm³/mol. The highest BCUT2D eigenvalue weighted by molar-refractivity contribution is 5.81. The zero-order valence-corrected chi connectivity index (χ0v) is 12.6. The molecule has 0 saturated carbocycles. The van der Waals surface area contributed by atoms with Gasteiger partial charge in [-0.15, -0.1) is 0 Å². The third-order valence-electron chi connectivity index (χ3n) is 3.99. The van der Waals surface area contributed by atoms with Crippen molar-refractivity contribution in [2.75, 3.05) is 38.3 Å². The minimum atomic E-state index is 0.791. The highest BCUT2D eigenvalue weighted by Crippen LogP contribution is 2.36. The first-order valence-electron chi connectivity index (χ1n) is 7.36. The number of benzene rings is 2. The molecule has 0 unspecified atom stereocenters. The van der Waals surface area contributed by atoms with Crippen LogP contribution in [0.5, 0.6) is 5.75 Å². The molecule has 0 bridgehead atoms. The molecule has 21 heavy (non-hydrogen) atoms. The van der Waals surface area contributed by atoms with Crippen LogP contribution < -0.4 is 9.64 Å². The van der Waals surface area contributed by atoms with Crippen molar-refractivity contribution in [3.05, 3.63) is 48.0 Å². The fourth-order valence-corrected chi connectivity index (χ4v) is 2.81. The van der Waals surface area contributed by atoms with E-state index in [0.717, 1.165) is 32.1 Å². The Bertz CT molecular complexity index is 618. The summed E-state index contributed by atoms with van der Waals surface area (Å²) in [4.78, 5) is 2.39. The lowest BCUT2D eigenvalue weighted by Crippen LogP contribution is -2.36. The Morgan fingerprint density at radius 2 is 1.76 bits per heavy atom. The Labute approximate surface area is 126 Å². The first kappa shape index (κ1) is 14.0. The van der Waals surface area contributed by atoms with E-state index in [1.165, 1.54) is 22.4 Å². The molecule has 110 valence electrons. The van der Waals surface area contributed by atoms with Gasteiger partial charge in [-0.25, -0.2) is 0 Å². The third kappa shape index (κ3) is 2.88. The van der Waals surface area contributed by atoms with Gasteiger partial charge in [0.2, 0.25) is 0 Å². The zero-order valence-electron chi connectivity index (χ0n) is 12.6. The summed E-state index contributed by atoms with van der Waals surface area (Å²) in [5.41, 5.74) is 5.03. The molecule has 0 aromatic heterocycles. The summed E-state index contributed by atoms with van der Waals surface area (Å²) in [5.74, 6) is 0.894. The highest BCUT2D eigenvalue weighted by atomic mass is 16.5. The van der Waals surface area contributed by atoms with E-state index in [2.05, 4.69) is 48.2 Å². The van der Waals surface area contributed by atoms with Crippen LogP contribution in [0.4, 0.5) is 5.69 Å². The normalized spacial score (nSPS) is 15.0. The minimum absolute atomic E-state index is 0.791. The number of hydrogen-bond donors (Lipinski definition) is 0. The first-order chi connectivity index (χ1) is 10.3. The van der Waals surface area contributed by atoms with Gasteiger partial charge in [-0.1, -0.05) is 24.3 Å². The summed E-state index contributed by atoms with van der Waals surface area (Å²) in [5, 5.41) is 0. The fourth-order valence-electron chi connectivity index (χ4n) is 2.81. The maximum absolute atomic E-state index is 5.47. The van der Waals surface area contributed by atoms with Crippen LogP contribution in [0.25, 0.3) is 11.1 Å². The number of nitrogens with zero attached hydrogens (tertiary/aromatic N) is 1. The molecule has 2 aromatic rings. The quantitative estimate of drug-likeness (QED) is 0.860. The number of hydrogen-bond acceptors (Lipinski definition) is 3. The molecule has 0 amide bonds. The van der Waals surface area contributed by atoms with Crippen molar-refractivity contribution in [1.82, 2.24) is 0 Å². The van der Waals surface area contributed by atoms with Crippen LogP contribution >= 0.6 is 0 Å². The van der Waals surface area contributed by atoms with Crippen LogP contribution in [-0.4, -0.2) is 33.4 Å². The Morgan fingerprint density at radius 3 is 2.48 bits per heavy atom. The second kappa shape index (κ2) is 6.19. The fraction of sp³-hybridized carbons (Fsp3) is 0.333. The average Bonchev–Trinajstić information content (AvgIpc) is 2.55. The Hall–Kier alpha value is -2.00. The van der Waals surface area contributed by atoms with Crippen LogP contribution in [0.15, 0.2) is 42.5 Å². The smallest absolute Gasteiger partial charge is 0.119 e. The summed E-state index contributed by atoms with van der Waals surface area (Å²) in [6.07, 6.45) is 0. The van der Waals surface area contributed by atoms with Gasteiger partial charge < -0.3 is 14.4 Å². The van der Waals surface area contributed by atoms with Crippen LogP contribution in [0, 0.1) is 6.92 Å². The Balaban J connectivity index is 2.09.